The highest BCUT2D eigenvalue weighted by Crippen LogP contribution is 2.15. The van der Waals surface area contributed by atoms with Crippen molar-refractivity contribution < 1.29 is 23.8 Å². The van der Waals surface area contributed by atoms with Gasteiger partial charge in [-0.2, -0.15) is 0 Å². The summed E-state index contributed by atoms with van der Waals surface area (Å²) in [6.45, 7) is 4.33. The Labute approximate surface area is 123 Å². The quantitative estimate of drug-likeness (QED) is 0.723. The van der Waals surface area contributed by atoms with Crippen molar-refractivity contribution in [3.8, 4) is 0 Å². The van der Waals surface area contributed by atoms with E-state index in [1.807, 2.05) is 13.8 Å². The molecule has 0 unspecified atom stereocenters. The Balaban J connectivity index is 2.45. The SMILES string of the molecule is CC(C)OCCCC(=O)Nc1ccc(CC(=O)O)c(F)c1. The second-order valence-corrected chi connectivity index (χ2v) is 4.95. The lowest BCUT2D eigenvalue weighted by molar-refractivity contribution is -0.136. The van der Waals surface area contributed by atoms with Crippen molar-refractivity contribution in [3.63, 3.8) is 0 Å². The first-order chi connectivity index (χ1) is 9.88. The van der Waals surface area contributed by atoms with E-state index in [0.29, 0.717) is 18.7 Å². The van der Waals surface area contributed by atoms with Gasteiger partial charge in [0.25, 0.3) is 0 Å². The second kappa shape index (κ2) is 8.36. The fourth-order valence-electron chi connectivity index (χ4n) is 1.71. The topological polar surface area (TPSA) is 75.6 Å². The van der Waals surface area contributed by atoms with E-state index < -0.39 is 11.8 Å². The van der Waals surface area contributed by atoms with E-state index in [9.17, 15) is 14.0 Å². The van der Waals surface area contributed by atoms with E-state index in [4.69, 9.17) is 9.84 Å². The molecule has 0 aliphatic carbocycles. The van der Waals surface area contributed by atoms with E-state index in [1.54, 1.807) is 0 Å². The highest BCUT2D eigenvalue weighted by Gasteiger charge is 2.09. The molecule has 1 aromatic carbocycles. The lowest BCUT2D eigenvalue weighted by Gasteiger charge is -2.09. The van der Waals surface area contributed by atoms with Crippen molar-refractivity contribution in [2.45, 2.75) is 39.2 Å². The summed E-state index contributed by atoms with van der Waals surface area (Å²) in [4.78, 5) is 22.2. The van der Waals surface area contributed by atoms with Crippen molar-refractivity contribution in [2.24, 2.45) is 0 Å². The van der Waals surface area contributed by atoms with Crippen LogP contribution in [0.25, 0.3) is 0 Å². The van der Waals surface area contributed by atoms with Crippen LogP contribution in [0.15, 0.2) is 18.2 Å². The van der Waals surface area contributed by atoms with E-state index >= 15 is 0 Å². The van der Waals surface area contributed by atoms with Crippen molar-refractivity contribution in [2.75, 3.05) is 11.9 Å². The van der Waals surface area contributed by atoms with Gasteiger partial charge in [0.05, 0.1) is 12.5 Å². The zero-order valence-corrected chi connectivity index (χ0v) is 12.2. The summed E-state index contributed by atoms with van der Waals surface area (Å²) >= 11 is 0. The van der Waals surface area contributed by atoms with Gasteiger partial charge in [-0.15, -0.1) is 0 Å². The molecule has 0 spiro atoms. The first kappa shape index (κ1) is 17.1. The van der Waals surface area contributed by atoms with Gasteiger partial charge in [0.2, 0.25) is 5.91 Å². The van der Waals surface area contributed by atoms with E-state index in [0.717, 1.165) is 6.07 Å². The van der Waals surface area contributed by atoms with Gasteiger partial charge in [0, 0.05) is 18.7 Å². The molecule has 0 atom stereocenters. The van der Waals surface area contributed by atoms with Crippen LogP contribution in [-0.2, 0) is 20.7 Å². The van der Waals surface area contributed by atoms with Gasteiger partial charge < -0.3 is 15.2 Å². The Morgan fingerprint density at radius 1 is 1.38 bits per heavy atom. The molecule has 116 valence electrons. The molecule has 5 nitrogen and oxygen atoms in total. The molecule has 2 N–H and O–H groups in total. The summed E-state index contributed by atoms with van der Waals surface area (Å²) in [6, 6.07) is 3.98. The number of carboxylic acids is 1. The third-order valence-corrected chi connectivity index (χ3v) is 2.68. The molecule has 0 fully saturated rings. The third kappa shape index (κ3) is 6.85. The Kier molecular flexibility index (Phi) is 6.81. The van der Waals surface area contributed by atoms with Gasteiger partial charge in [-0.05, 0) is 38.0 Å². The van der Waals surface area contributed by atoms with E-state index in [2.05, 4.69) is 5.32 Å². The average molecular weight is 297 g/mol. The van der Waals surface area contributed by atoms with Crippen molar-refractivity contribution in [1.82, 2.24) is 0 Å². The fraction of sp³-hybridized carbons (Fsp3) is 0.467. The third-order valence-electron chi connectivity index (χ3n) is 2.68. The number of carboxylic acid groups (broad SMARTS) is 1. The molecule has 0 aliphatic heterocycles. The molecule has 0 aliphatic rings. The predicted octanol–water partition coefficient (Wildman–Crippen LogP) is 2.60. The summed E-state index contributed by atoms with van der Waals surface area (Å²) < 4.78 is 18.9. The molecule has 0 radical (unpaired) electrons. The second-order valence-electron chi connectivity index (χ2n) is 4.95. The van der Waals surface area contributed by atoms with Crippen LogP contribution in [-0.4, -0.2) is 29.7 Å². The maximum Gasteiger partial charge on any atom is 0.307 e. The summed E-state index contributed by atoms with van der Waals surface area (Å²) in [5.74, 6) is -1.97. The number of hydrogen-bond acceptors (Lipinski definition) is 3. The number of carbonyl (C=O) groups is 2. The number of rotatable bonds is 8. The van der Waals surface area contributed by atoms with Gasteiger partial charge in [0.15, 0.2) is 0 Å². The number of halogens is 1. The molecule has 21 heavy (non-hydrogen) atoms. The van der Waals surface area contributed by atoms with E-state index in [-0.39, 0.29) is 30.4 Å². The Bertz CT molecular complexity index is 502. The molecule has 1 amide bonds. The minimum atomic E-state index is -1.10. The molecule has 6 heteroatoms. The molecular formula is C15H20FNO4. The molecule has 0 saturated carbocycles. The van der Waals surface area contributed by atoms with Crippen LogP contribution in [0.4, 0.5) is 10.1 Å². The zero-order valence-electron chi connectivity index (χ0n) is 12.2. The normalized spacial score (nSPS) is 10.7. The Morgan fingerprint density at radius 3 is 2.67 bits per heavy atom. The van der Waals surface area contributed by atoms with E-state index in [1.165, 1.54) is 12.1 Å². The van der Waals surface area contributed by atoms with Crippen molar-refractivity contribution in [3.05, 3.63) is 29.6 Å². The average Bonchev–Trinajstić information content (AvgIpc) is 2.37. The van der Waals surface area contributed by atoms with Gasteiger partial charge >= 0.3 is 5.97 Å². The van der Waals surface area contributed by atoms with Gasteiger partial charge in [0.1, 0.15) is 5.82 Å². The van der Waals surface area contributed by atoms with Gasteiger partial charge in [-0.3, -0.25) is 9.59 Å². The number of hydrogen-bond donors (Lipinski definition) is 2. The molecule has 1 rings (SSSR count). The fourth-order valence-corrected chi connectivity index (χ4v) is 1.71. The highest BCUT2D eigenvalue weighted by atomic mass is 19.1. The molecular weight excluding hydrogens is 277 g/mol. The van der Waals surface area contributed by atoms with Gasteiger partial charge in [-0.25, -0.2) is 4.39 Å². The smallest absolute Gasteiger partial charge is 0.307 e. The monoisotopic (exact) mass is 297 g/mol. The number of carbonyl (C=O) groups excluding carboxylic acids is 1. The van der Waals surface area contributed by atoms with Crippen LogP contribution in [0.1, 0.15) is 32.3 Å². The zero-order chi connectivity index (χ0) is 15.8. The number of benzene rings is 1. The Hall–Kier alpha value is -1.95. The van der Waals surface area contributed by atoms with Crippen molar-refractivity contribution >= 4 is 17.6 Å². The summed E-state index contributed by atoms with van der Waals surface area (Å²) in [7, 11) is 0. The molecule has 0 saturated heterocycles. The molecule has 1 aromatic rings. The standard InChI is InChI=1S/C15H20FNO4/c1-10(2)21-7-3-4-14(18)17-12-6-5-11(8-15(19)20)13(16)9-12/h5-6,9-10H,3-4,7-8H2,1-2H3,(H,17,18)(H,19,20). The number of amides is 1. The number of aliphatic carboxylic acids is 1. The first-order valence-electron chi connectivity index (χ1n) is 6.80. The van der Waals surface area contributed by atoms with Crippen molar-refractivity contribution in [1.29, 1.82) is 0 Å². The maximum absolute atomic E-state index is 13.6. The summed E-state index contributed by atoms with van der Waals surface area (Å²) in [5, 5.41) is 11.2. The first-order valence-corrected chi connectivity index (χ1v) is 6.80. The molecule has 0 aromatic heterocycles. The maximum atomic E-state index is 13.6. The minimum Gasteiger partial charge on any atom is -0.481 e. The number of nitrogens with one attached hydrogen (secondary N) is 1. The Morgan fingerprint density at radius 2 is 2.10 bits per heavy atom. The highest BCUT2D eigenvalue weighted by molar-refractivity contribution is 5.90. The van der Waals surface area contributed by atoms with Crippen LogP contribution in [0, 0.1) is 5.82 Å². The lowest BCUT2D eigenvalue weighted by atomic mass is 10.1. The van der Waals surface area contributed by atoms with Crippen LogP contribution in [0.3, 0.4) is 0 Å². The van der Waals surface area contributed by atoms with Crippen LogP contribution >= 0.6 is 0 Å². The lowest BCUT2D eigenvalue weighted by Crippen LogP contribution is -2.13. The minimum absolute atomic E-state index is 0.0887. The predicted molar refractivity (Wildman–Crippen MR) is 76.7 cm³/mol. The van der Waals surface area contributed by atoms with Crippen LogP contribution < -0.4 is 5.32 Å². The van der Waals surface area contributed by atoms with Crippen LogP contribution in [0.5, 0.6) is 0 Å². The van der Waals surface area contributed by atoms with Crippen LogP contribution in [0.2, 0.25) is 0 Å². The summed E-state index contributed by atoms with van der Waals surface area (Å²) in [6.07, 6.45) is 0.616. The largest absolute Gasteiger partial charge is 0.481 e. The number of ether oxygens (including phenoxy) is 1. The number of anilines is 1. The molecule has 0 heterocycles. The summed E-state index contributed by atoms with van der Waals surface area (Å²) in [5.41, 5.74) is 0.405. The van der Waals surface area contributed by atoms with Gasteiger partial charge in [-0.1, -0.05) is 6.07 Å². The molecule has 0 bridgehead atoms.